The summed E-state index contributed by atoms with van der Waals surface area (Å²) in [6.45, 7) is 2.92. The molecule has 1 nitrogen and oxygen atoms in total. The first-order valence-corrected chi connectivity index (χ1v) is 9.85. The van der Waals surface area contributed by atoms with Gasteiger partial charge in [-0.25, -0.2) is 0 Å². The quantitative estimate of drug-likeness (QED) is 0.774. The summed E-state index contributed by atoms with van der Waals surface area (Å²) in [6.07, 6.45) is 9.27. The van der Waals surface area contributed by atoms with E-state index in [2.05, 4.69) is 79.8 Å². The Bertz CT molecular complexity index is 691. The zero-order chi connectivity index (χ0) is 14.9. The summed E-state index contributed by atoms with van der Waals surface area (Å²) in [6, 6.07) is 17.5. The third kappa shape index (κ3) is 2.93. The third-order valence-electron chi connectivity index (χ3n) is 4.74. The van der Waals surface area contributed by atoms with Crippen molar-refractivity contribution in [3.05, 3.63) is 82.9 Å². The van der Waals surface area contributed by atoms with E-state index in [4.69, 9.17) is 4.43 Å². The summed E-state index contributed by atoms with van der Waals surface area (Å²) in [5.41, 5.74) is 6.56. The van der Waals surface area contributed by atoms with E-state index in [0.717, 1.165) is 6.61 Å². The van der Waals surface area contributed by atoms with Gasteiger partial charge in [0.15, 0.2) is 9.04 Å². The largest absolute Gasteiger partial charge is 0.418 e. The Morgan fingerprint density at radius 2 is 1.30 bits per heavy atom. The van der Waals surface area contributed by atoms with Gasteiger partial charge in [0, 0.05) is 36.5 Å². The maximum atomic E-state index is 6.36. The minimum absolute atomic E-state index is 0. The molecule has 2 unspecified atom stereocenters. The van der Waals surface area contributed by atoms with Gasteiger partial charge in [0.2, 0.25) is 0 Å². The van der Waals surface area contributed by atoms with Gasteiger partial charge in [-0.05, 0) is 29.2 Å². The van der Waals surface area contributed by atoms with Crippen molar-refractivity contribution in [2.75, 3.05) is 6.61 Å². The van der Waals surface area contributed by atoms with Crippen LogP contribution in [-0.2, 0) is 4.43 Å². The standard InChI is InChI=1S/C20H20OSi.Li/c1-2-21-22(19-13-11-15-7-3-5-9-17(15)19)20-14-12-16-8-4-6-10-18(16)20;/h3-14,19-20,22H,2H2,1H3;. The van der Waals surface area contributed by atoms with Gasteiger partial charge in [0.05, 0.1) is 0 Å². The minimum Gasteiger partial charge on any atom is -0.418 e. The first-order valence-electron chi connectivity index (χ1n) is 8.04. The van der Waals surface area contributed by atoms with Crippen LogP contribution >= 0.6 is 0 Å². The molecule has 0 bridgehead atoms. The molecular formula is C20H20LiOSi. The predicted octanol–water partition coefficient (Wildman–Crippen LogP) is 4.07. The number of rotatable bonds is 4. The first-order chi connectivity index (χ1) is 10.9. The molecule has 2 atom stereocenters. The van der Waals surface area contributed by atoms with Crippen LogP contribution in [0, 0.1) is 0 Å². The van der Waals surface area contributed by atoms with Crippen LogP contribution in [0.4, 0.5) is 0 Å². The van der Waals surface area contributed by atoms with Crippen molar-refractivity contribution in [2.45, 2.75) is 18.0 Å². The van der Waals surface area contributed by atoms with Crippen LogP contribution < -0.4 is 0 Å². The van der Waals surface area contributed by atoms with E-state index in [1.54, 1.807) is 0 Å². The molecule has 111 valence electrons. The predicted molar refractivity (Wildman–Crippen MR) is 101 cm³/mol. The van der Waals surface area contributed by atoms with Gasteiger partial charge in [0.1, 0.15) is 0 Å². The SMILES string of the molecule is CCO[SiH](C1C=Cc2ccccc21)C1C=Cc2ccccc21.[Li]. The molecule has 2 aromatic carbocycles. The van der Waals surface area contributed by atoms with Crippen LogP contribution in [0.25, 0.3) is 12.2 Å². The second-order valence-corrected chi connectivity index (χ2v) is 8.65. The zero-order valence-electron chi connectivity index (χ0n) is 13.8. The number of allylic oxidation sites excluding steroid dienone is 2. The maximum absolute atomic E-state index is 6.36. The topological polar surface area (TPSA) is 9.23 Å². The molecular weight excluding hydrogens is 291 g/mol. The summed E-state index contributed by atoms with van der Waals surface area (Å²) >= 11 is 0. The Kier molecular flexibility index (Phi) is 5.09. The Hall–Kier alpha value is -1.31. The molecule has 0 saturated carbocycles. The monoisotopic (exact) mass is 311 g/mol. The van der Waals surface area contributed by atoms with Crippen LogP contribution in [0.3, 0.4) is 0 Å². The van der Waals surface area contributed by atoms with Crippen LogP contribution in [0.1, 0.15) is 40.3 Å². The fourth-order valence-corrected chi connectivity index (χ4v) is 6.97. The molecule has 0 heterocycles. The van der Waals surface area contributed by atoms with Crippen molar-refractivity contribution >= 4 is 40.1 Å². The molecule has 0 amide bonds. The normalized spacial score (nSPS) is 21.6. The molecule has 2 aliphatic carbocycles. The van der Waals surface area contributed by atoms with Crippen molar-refractivity contribution in [3.8, 4) is 0 Å². The summed E-state index contributed by atoms with van der Waals surface area (Å²) < 4.78 is 6.36. The van der Waals surface area contributed by atoms with Crippen molar-refractivity contribution in [3.63, 3.8) is 0 Å². The van der Waals surface area contributed by atoms with Crippen molar-refractivity contribution < 1.29 is 4.43 Å². The fourth-order valence-electron chi connectivity index (χ4n) is 3.75. The Morgan fingerprint density at radius 3 is 1.78 bits per heavy atom. The van der Waals surface area contributed by atoms with Crippen molar-refractivity contribution in [2.24, 2.45) is 0 Å². The van der Waals surface area contributed by atoms with E-state index in [-0.39, 0.29) is 18.9 Å². The molecule has 0 fully saturated rings. The molecule has 2 aliphatic rings. The molecule has 0 N–H and O–H groups in total. The van der Waals surface area contributed by atoms with Crippen LogP contribution in [-0.4, -0.2) is 34.5 Å². The van der Waals surface area contributed by atoms with Crippen LogP contribution in [0.2, 0.25) is 0 Å². The second kappa shape index (κ2) is 7.07. The molecule has 23 heavy (non-hydrogen) atoms. The van der Waals surface area contributed by atoms with E-state index in [1.807, 2.05) is 0 Å². The first kappa shape index (κ1) is 16.5. The van der Waals surface area contributed by atoms with Crippen molar-refractivity contribution in [1.82, 2.24) is 0 Å². The molecule has 0 spiro atoms. The van der Waals surface area contributed by atoms with E-state index in [1.165, 1.54) is 22.3 Å². The average molecular weight is 311 g/mol. The van der Waals surface area contributed by atoms with E-state index >= 15 is 0 Å². The van der Waals surface area contributed by atoms with E-state index in [9.17, 15) is 0 Å². The van der Waals surface area contributed by atoms with E-state index < -0.39 is 9.04 Å². The molecule has 0 aliphatic heterocycles. The number of hydrogen-bond acceptors (Lipinski definition) is 1. The van der Waals surface area contributed by atoms with Gasteiger partial charge in [-0.15, -0.1) is 0 Å². The second-order valence-electron chi connectivity index (χ2n) is 5.95. The summed E-state index contributed by atoms with van der Waals surface area (Å²) in [5, 5.41) is 0. The minimum atomic E-state index is -1.49. The smallest absolute Gasteiger partial charge is 0.199 e. The molecule has 4 rings (SSSR count). The Morgan fingerprint density at radius 1 is 0.826 bits per heavy atom. The van der Waals surface area contributed by atoms with Gasteiger partial charge in [0.25, 0.3) is 0 Å². The molecule has 1 radical (unpaired) electrons. The molecule has 3 heteroatoms. The third-order valence-corrected chi connectivity index (χ3v) is 8.04. The van der Waals surface area contributed by atoms with Gasteiger partial charge >= 0.3 is 0 Å². The van der Waals surface area contributed by atoms with Crippen LogP contribution in [0.5, 0.6) is 0 Å². The number of benzene rings is 2. The summed E-state index contributed by atoms with van der Waals surface area (Å²) in [4.78, 5) is 0. The average Bonchev–Trinajstić information content (AvgIpc) is 3.17. The molecule has 0 saturated heterocycles. The van der Waals surface area contributed by atoms with Gasteiger partial charge in [-0.1, -0.05) is 72.8 Å². The van der Waals surface area contributed by atoms with E-state index in [0.29, 0.717) is 11.1 Å². The maximum Gasteiger partial charge on any atom is 0.199 e. The Labute approximate surface area is 152 Å². The van der Waals surface area contributed by atoms with Gasteiger partial charge < -0.3 is 4.43 Å². The number of fused-ring (bicyclic) bond motifs is 2. The zero-order valence-corrected chi connectivity index (χ0v) is 14.9. The fraction of sp³-hybridized carbons (Fsp3) is 0.200. The van der Waals surface area contributed by atoms with Crippen LogP contribution in [0.15, 0.2) is 60.7 Å². The number of hydrogen-bond donors (Lipinski definition) is 0. The Balaban J connectivity index is 0.00000156. The van der Waals surface area contributed by atoms with Crippen molar-refractivity contribution in [1.29, 1.82) is 0 Å². The van der Waals surface area contributed by atoms with Gasteiger partial charge in [-0.3, -0.25) is 0 Å². The summed E-state index contributed by atoms with van der Waals surface area (Å²) in [5.74, 6) is 0. The summed E-state index contributed by atoms with van der Waals surface area (Å²) in [7, 11) is -1.49. The molecule has 0 aromatic heterocycles. The van der Waals surface area contributed by atoms with Gasteiger partial charge in [-0.2, -0.15) is 0 Å². The molecule has 2 aromatic rings.